The van der Waals surface area contributed by atoms with Gasteiger partial charge in [0.1, 0.15) is 11.6 Å². The molecule has 1 atom stereocenters. The molecule has 1 unspecified atom stereocenters. The van der Waals surface area contributed by atoms with Crippen LogP contribution in [0.3, 0.4) is 0 Å². The van der Waals surface area contributed by atoms with Gasteiger partial charge in [-0.3, -0.25) is 4.79 Å². The maximum atomic E-state index is 13.0. The van der Waals surface area contributed by atoms with Gasteiger partial charge in [-0.15, -0.1) is 10.2 Å². The molecule has 0 bridgehead atoms. The maximum Gasteiger partial charge on any atom is 0.230 e. The fourth-order valence-electron chi connectivity index (χ4n) is 2.43. The van der Waals surface area contributed by atoms with Crippen molar-refractivity contribution < 1.29 is 13.9 Å². The van der Waals surface area contributed by atoms with E-state index in [2.05, 4.69) is 20.8 Å². The Morgan fingerprint density at radius 1 is 1.21 bits per heavy atom. The lowest BCUT2D eigenvalue weighted by Gasteiger charge is -2.13. The van der Waals surface area contributed by atoms with E-state index in [-0.39, 0.29) is 23.5 Å². The second-order valence-electron chi connectivity index (χ2n) is 5.83. The highest BCUT2D eigenvalue weighted by Crippen LogP contribution is 2.31. The topological polar surface area (TPSA) is 76.1 Å². The summed E-state index contributed by atoms with van der Waals surface area (Å²) in [7, 11) is 1.60. The molecule has 0 spiro atoms. The molecular formula is C19H19FN4O2S2. The van der Waals surface area contributed by atoms with Gasteiger partial charge in [0.05, 0.1) is 24.6 Å². The van der Waals surface area contributed by atoms with Crippen molar-refractivity contribution in [2.45, 2.75) is 17.3 Å². The van der Waals surface area contributed by atoms with Crippen LogP contribution in [0.1, 0.15) is 18.5 Å². The second-order valence-corrected chi connectivity index (χ2v) is 8.03. The van der Waals surface area contributed by atoms with Crippen LogP contribution in [0.15, 0.2) is 52.9 Å². The van der Waals surface area contributed by atoms with Crippen LogP contribution >= 0.6 is 23.1 Å². The Hall–Kier alpha value is -2.65. The number of carbonyl (C=O) groups is 1. The number of para-hydroxylation sites is 2. The molecule has 0 saturated carbocycles. The smallest absolute Gasteiger partial charge is 0.230 e. The SMILES string of the molecule is COc1ccccc1Nc1nnc(SCC(=O)NC(C)c2ccc(F)cc2)s1. The number of rotatable bonds is 8. The van der Waals surface area contributed by atoms with Gasteiger partial charge in [-0.2, -0.15) is 0 Å². The van der Waals surface area contributed by atoms with Gasteiger partial charge in [0, 0.05) is 0 Å². The molecule has 3 rings (SSSR count). The minimum atomic E-state index is -0.299. The number of hydrogen-bond donors (Lipinski definition) is 2. The zero-order valence-electron chi connectivity index (χ0n) is 15.3. The fraction of sp³-hybridized carbons (Fsp3) is 0.211. The molecule has 146 valence electrons. The standard InChI is InChI=1S/C19H19FN4O2S2/c1-12(13-7-9-14(20)10-8-13)21-17(25)11-27-19-24-23-18(28-19)22-15-5-3-4-6-16(15)26-2/h3-10,12H,11H2,1-2H3,(H,21,25)(H,22,23). The third-order valence-corrected chi connectivity index (χ3v) is 5.80. The molecule has 0 aliphatic heterocycles. The summed E-state index contributed by atoms with van der Waals surface area (Å²) >= 11 is 2.67. The Morgan fingerprint density at radius 2 is 1.96 bits per heavy atom. The van der Waals surface area contributed by atoms with Crippen LogP contribution in [0.25, 0.3) is 0 Å². The van der Waals surface area contributed by atoms with Crippen LogP contribution in [0.2, 0.25) is 0 Å². The number of aromatic nitrogens is 2. The van der Waals surface area contributed by atoms with Gasteiger partial charge < -0.3 is 15.4 Å². The third-order valence-electron chi connectivity index (χ3n) is 3.83. The van der Waals surface area contributed by atoms with Gasteiger partial charge in [-0.25, -0.2) is 4.39 Å². The van der Waals surface area contributed by atoms with E-state index < -0.39 is 0 Å². The molecule has 3 aromatic rings. The largest absolute Gasteiger partial charge is 0.495 e. The molecule has 1 aromatic heterocycles. The average molecular weight is 419 g/mol. The summed E-state index contributed by atoms with van der Waals surface area (Å²) in [5, 5.41) is 14.9. The van der Waals surface area contributed by atoms with E-state index in [0.717, 1.165) is 11.3 Å². The lowest BCUT2D eigenvalue weighted by Crippen LogP contribution is -2.28. The number of benzene rings is 2. The minimum absolute atomic E-state index is 0.128. The van der Waals surface area contributed by atoms with Crippen molar-refractivity contribution in [1.29, 1.82) is 0 Å². The maximum absolute atomic E-state index is 13.0. The van der Waals surface area contributed by atoms with Crippen molar-refractivity contribution in [3.05, 3.63) is 59.9 Å². The molecular weight excluding hydrogens is 399 g/mol. The normalized spacial score (nSPS) is 11.7. The van der Waals surface area contributed by atoms with Crippen LogP contribution in [0.5, 0.6) is 5.75 Å². The Kier molecular flexibility index (Phi) is 6.83. The lowest BCUT2D eigenvalue weighted by atomic mass is 10.1. The molecule has 6 nitrogen and oxygen atoms in total. The summed E-state index contributed by atoms with van der Waals surface area (Å²) in [4.78, 5) is 12.2. The van der Waals surface area contributed by atoms with E-state index in [1.807, 2.05) is 31.2 Å². The first kappa shape index (κ1) is 20.1. The molecule has 0 saturated heterocycles. The number of nitrogens with zero attached hydrogens (tertiary/aromatic N) is 2. The van der Waals surface area contributed by atoms with Crippen LogP contribution in [-0.4, -0.2) is 29.0 Å². The molecule has 2 aromatic carbocycles. The van der Waals surface area contributed by atoms with Crippen LogP contribution in [0, 0.1) is 5.82 Å². The highest BCUT2D eigenvalue weighted by Gasteiger charge is 2.13. The molecule has 0 fully saturated rings. The van der Waals surface area contributed by atoms with Crippen LogP contribution < -0.4 is 15.4 Å². The van der Waals surface area contributed by atoms with Gasteiger partial charge in [-0.05, 0) is 36.8 Å². The van der Waals surface area contributed by atoms with Crippen molar-refractivity contribution in [2.75, 3.05) is 18.2 Å². The van der Waals surface area contributed by atoms with Crippen LogP contribution in [0.4, 0.5) is 15.2 Å². The van der Waals surface area contributed by atoms with E-state index >= 15 is 0 Å². The minimum Gasteiger partial charge on any atom is -0.495 e. The van der Waals surface area contributed by atoms with Gasteiger partial charge in [-0.1, -0.05) is 47.4 Å². The second kappa shape index (κ2) is 9.52. The number of hydrogen-bond acceptors (Lipinski definition) is 7. The lowest BCUT2D eigenvalue weighted by molar-refractivity contribution is -0.119. The summed E-state index contributed by atoms with van der Waals surface area (Å²) in [6, 6.07) is 13.4. The van der Waals surface area contributed by atoms with Crippen molar-refractivity contribution >= 4 is 39.8 Å². The van der Waals surface area contributed by atoms with Gasteiger partial charge in [0.2, 0.25) is 11.0 Å². The predicted molar refractivity (Wildman–Crippen MR) is 110 cm³/mol. The average Bonchev–Trinajstić information content (AvgIpc) is 3.14. The monoisotopic (exact) mass is 418 g/mol. The Bertz CT molecular complexity index is 934. The number of anilines is 2. The molecule has 9 heteroatoms. The summed E-state index contributed by atoms with van der Waals surface area (Å²) in [5.41, 5.74) is 1.64. The first-order chi connectivity index (χ1) is 13.5. The molecule has 0 radical (unpaired) electrons. The fourth-order valence-corrected chi connectivity index (χ4v) is 4.00. The summed E-state index contributed by atoms with van der Waals surface area (Å²) in [6.45, 7) is 1.86. The van der Waals surface area contributed by atoms with E-state index in [4.69, 9.17) is 4.74 Å². The zero-order chi connectivity index (χ0) is 19.9. The van der Waals surface area contributed by atoms with Gasteiger partial charge in [0.25, 0.3) is 0 Å². The first-order valence-electron chi connectivity index (χ1n) is 8.46. The van der Waals surface area contributed by atoms with E-state index in [9.17, 15) is 9.18 Å². The van der Waals surface area contributed by atoms with E-state index in [1.165, 1.54) is 35.2 Å². The number of nitrogens with one attached hydrogen (secondary N) is 2. The quantitative estimate of drug-likeness (QED) is 0.528. The number of carbonyl (C=O) groups excluding carboxylic acids is 1. The highest BCUT2D eigenvalue weighted by atomic mass is 32.2. The van der Waals surface area contributed by atoms with Crippen LogP contribution in [-0.2, 0) is 4.79 Å². The molecule has 0 aliphatic carbocycles. The molecule has 28 heavy (non-hydrogen) atoms. The third kappa shape index (κ3) is 5.43. The van der Waals surface area contributed by atoms with Crippen molar-refractivity contribution in [3.8, 4) is 5.75 Å². The summed E-state index contributed by atoms with van der Waals surface area (Å²) in [5.74, 6) is 0.499. The molecule has 1 heterocycles. The highest BCUT2D eigenvalue weighted by molar-refractivity contribution is 8.01. The summed E-state index contributed by atoms with van der Waals surface area (Å²) in [6.07, 6.45) is 0. The summed E-state index contributed by atoms with van der Waals surface area (Å²) < 4.78 is 19.0. The molecule has 0 aliphatic rings. The zero-order valence-corrected chi connectivity index (χ0v) is 16.9. The Labute approximate surface area is 170 Å². The molecule has 1 amide bonds. The first-order valence-corrected chi connectivity index (χ1v) is 10.3. The number of thioether (sulfide) groups is 1. The Morgan fingerprint density at radius 3 is 2.71 bits per heavy atom. The number of methoxy groups -OCH3 is 1. The number of amides is 1. The number of halogens is 1. The molecule has 2 N–H and O–H groups in total. The van der Waals surface area contributed by atoms with E-state index in [1.54, 1.807) is 19.2 Å². The van der Waals surface area contributed by atoms with Crippen molar-refractivity contribution in [3.63, 3.8) is 0 Å². The van der Waals surface area contributed by atoms with Crippen molar-refractivity contribution in [1.82, 2.24) is 15.5 Å². The number of ether oxygens (including phenoxy) is 1. The van der Waals surface area contributed by atoms with E-state index in [0.29, 0.717) is 15.2 Å². The van der Waals surface area contributed by atoms with Gasteiger partial charge in [0.15, 0.2) is 4.34 Å². The predicted octanol–water partition coefficient (Wildman–Crippen LogP) is 4.40. The van der Waals surface area contributed by atoms with Gasteiger partial charge >= 0.3 is 0 Å². The Balaban J connectivity index is 1.51. The van der Waals surface area contributed by atoms with Crippen molar-refractivity contribution in [2.24, 2.45) is 0 Å².